The van der Waals surface area contributed by atoms with E-state index >= 15 is 0 Å². The summed E-state index contributed by atoms with van der Waals surface area (Å²) in [4.78, 5) is 14.6. The molecule has 84 valence electrons. The zero-order chi connectivity index (χ0) is 11.5. The van der Waals surface area contributed by atoms with Gasteiger partial charge in [0.15, 0.2) is 0 Å². The Labute approximate surface area is 93.3 Å². The molecule has 5 heteroatoms. The van der Waals surface area contributed by atoms with Crippen molar-refractivity contribution in [2.24, 2.45) is 4.99 Å². The third kappa shape index (κ3) is 2.03. The van der Waals surface area contributed by atoms with Crippen molar-refractivity contribution in [3.8, 4) is 0 Å². The Balaban J connectivity index is 2.26. The minimum absolute atomic E-state index is 0.0856. The zero-order valence-electron chi connectivity index (χ0n) is 9.01. The molecule has 0 aromatic heterocycles. The van der Waals surface area contributed by atoms with E-state index in [-0.39, 0.29) is 16.5 Å². The number of aliphatic imine (C=N–C) groups is 1. The fraction of sp³-hybridized carbons (Fsp3) is 0.364. The first kappa shape index (κ1) is 10.6. The molecule has 0 saturated carbocycles. The topological polar surface area (TPSA) is 67.5 Å². The number of nitrogens with zero attached hydrogens (tertiary/aromatic N) is 2. The summed E-state index contributed by atoms with van der Waals surface area (Å²) in [6.07, 6.45) is 0. The van der Waals surface area contributed by atoms with Crippen LogP contribution in [0.15, 0.2) is 29.3 Å². The minimum atomic E-state index is -0.375. The van der Waals surface area contributed by atoms with Gasteiger partial charge in [0.2, 0.25) is 0 Å². The molecule has 1 aromatic carbocycles. The molecule has 0 spiro atoms. The molecule has 2 rings (SSSR count). The second kappa shape index (κ2) is 4.30. The van der Waals surface area contributed by atoms with Crippen molar-refractivity contribution in [2.75, 3.05) is 13.1 Å². The normalized spacial score (nSPS) is 16.4. The van der Waals surface area contributed by atoms with Crippen molar-refractivity contribution in [3.63, 3.8) is 0 Å². The molecule has 1 aromatic rings. The number of non-ortho nitro benzene ring substituents is 1. The third-order valence-corrected chi connectivity index (χ3v) is 2.69. The van der Waals surface area contributed by atoms with Gasteiger partial charge in [-0.15, -0.1) is 0 Å². The second-order valence-corrected chi connectivity index (χ2v) is 3.77. The molecular formula is C11H13N3O2. The van der Waals surface area contributed by atoms with Crippen molar-refractivity contribution in [1.29, 1.82) is 0 Å². The SMILES string of the molecule is CC(C1=NCCN1)c1cccc([N+](=O)[O-])c1. The summed E-state index contributed by atoms with van der Waals surface area (Å²) in [5.74, 6) is 1.00. The Morgan fingerprint density at radius 1 is 1.56 bits per heavy atom. The van der Waals surface area contributed by atoms with Crippen molar-refractivity contribution in [2.45, 2.75) is 12.8 Å². The van der Waals surface area contributed by atoms with Crippen LogP contribution >= 0.6 is 0 Å². The van der Waals surface area contributed by atoms with Crippen LogP contribution in [0.2, 0.25) is 0 Å². The summed E-state index contributed by atoms with van der Waals surface area (Å²) in [6.45, 7) is 3.64. The lowest BCUT2D eigenvalue weighted by Gasteiger charge is -2.12. The maximum Gasteiger partial charge on any atom is 0.269 e. The highest BCUT2D eigenvalue weighted by atomic mass is 16.6. The molecule has 1 unspecified atom stereocenters. The van der Waals surface area contributed by atoms with Gasteiger partial charge in [0.25, 0.3) is 5.69 Å². The predicted molar refractivity (Wildman–Crippen MR) is 61.8 cm³/mol. The largest absolute Gasteiger partial charge is 0.371 e. The van der Waals surface area contributed by atoms with Crippen molar-refractivity contribution in [1.82, 2.24) is 5.32 Å². The van der Waals surface area contributed by atoms with E-state index in [1.54, 1.807) is 12.1 Å². The van der Waals surface area contributed by atoms with E-state index in [4.69, 9.17) is 0 Å². The highest BCUT2D eigenvalue weighted by Crippen LogP contribution is 2.21. The average Bonchev–Trinajstić information content (AvgIpc) is 2.81. The smallest absolute Gasteiger partial charge is 0.269 e. The van der Waals surface area contributed by atoms with Gasteiger partial charge in [0.05, 0.1) is 11.5 Å². The van der Waals surface area contributed by atoms with Gasteiger partial charge in [-0.1, -0.05) is 19.1 Å². The Morgan fingerprint density at radius 3 is 3.00 bits per heavy atom. The van der Waals surface area contributed by atoms with E-state index in [0.29, 0.717) is 0 Å². The average molecular weight is 219 g/mol. The summed E-state index contributed by atoms with van der Waals surface area (Å²) in [6, 6.07) is 6.70. The van der Waals surface area contributed by atoms with Gasteiger partial charge in [0, 0.05) is 24.6 Å². The lowest BCUT2D eigenvalue weighted by atomic mass is 9.99. The number of nitrogens with one attached hydrogen (secondary N) is 1. The van der Waals surface area contributed by atoms with E-state index in [9.17, 15) is 10.1 Å². The number of amidine groups is 1. The van der Waals surface area contributed by atoms with Crippen LogP contribution < -0.4 is 5.32 Å². The first-order valence-corrected chi connectivity index (χ1v) is 5.21. The number of nitro benzene ring substituents is 1. The fourth-order valence-electron chi connectivity index (χ4n) is 1.77. The van der Waals surface area contributed by atoms with Crippen molar-refractivity contribution >= 4 is 11.5 Å². The molecule has 1 aliphatic rings. The van der Waals surface area contributed by atoms with Crippen LogP contribution in [0.4, 0.5) is 5.69 Å². The molecule has 0 radical (unpaired) electrons. The van der Waals surface area contributed by atoms with E-state index < -0.39 is 0 Å². The van der Waals surface area contributed by atoms with Crippen LogP contribution in [0.1, 0.15) is 18.4 Å². The Hall–Kier alpha value is -1.91. The third-order valence-electron chi connectivity index (χ3n) is 2.69. The lowest BCUT2D eigenvalue weighted by Crippen LogP contribution is -2.23. The van der Waals surface area contributed by atoms with Crippen LogP contribution in [-0.4, -0.2) is 23.8 Å². The van der Waals surface area contributed by atoms with E-state index in [1.165, 1.54) is 6.07 Å². The van der Waals surface area contributed by atoms with Gasteiger partial charge in [-0.05, 0) is 5.56 Å². The maximum absolute atomic E-state index is 10.7. The summed E-state index contributed by atoms with van der Waals surface area (Å²) in [5.41, 5.74) is 1.05. The zero-order valence-corrected chi connectivity index (χ0v) is 9.01. The minimum Gasteiger partial charge on any atom is -0.371 e. The first-order chi connectivity index (χ1) is 7.68. The highest BCUT2D eigenvalue weighted by molar-refractivity contribution is 5.89. The number of nitro groups is 1. The molecular weight excluding hydrogens is 206 g/mol. The number of rotatable bonds is 3. The Bertz CT molecular complexity index is 443. The fourth-order valence-corrected chi connectivity index (χ4v) is 1.77. The lowest BCUT2D eigenvalue weighted by molar-refractivity contribution is -0.384. The summed E-state index contributed by atoms with van der Waals surface area (Å²) in [5, 5.41) is 13.8. The van der Waals surface area contributed by atoms with Crippen LogP contribution in [0.5, 0.6) is 0 Å². The van der Waals surface area contributed by atoms with Crippen molar-refractivity contribution < 1.29 is 4.92 Å². The number of hydrogen-bond donors (Lipinski definition) is 1. The molecule has 0 fully saturated rings. The van der Waals surface area contributed by atoms with Gasteiger partial charge in [-0.25, -0.2) is 0 Å². The van der Waals surface area contributed by atoms with E-state index in [2.05, 4.69) is 10.3 Å². The quantitative estimate of drug-likeness (QED) is 0.621. The van der Waals surface area contributed by atoms with Gasteiger partial charge < -0.3 is 5.32 Å². The predicted octanol–water partition coefficient (Wildman–Crippen LogP) is 1.70. The molecule has 0 saturated heterocycles. The van der Waals surface area contributed by atoms with Gasteiger partial charge in [-0.2, -0.15) is 0 Å². The summed E-state index contributed by atoms with van der Waals surface area (Å²) >= 11 is 0. The van der Waals surface area contributed by atoms with Crippen LogP contribution in [0.3, 0.4) is 0 Å². The van der Waals surface area contributed by atoms with E-state index in [1.807, 2.05) is 13.0 Å². The molecule has 0 bridgehead atoms. The van der Waals surface area contributed by atoms with Gasteiger partial charge in [0.1, 0.15) is 5.84 Å². The maximum atomic E-state index is 10.7. The molecule has 5 nitrogen and oxygen atoms in total. The highest BCUT2D eigenvalue weighted by Gasteiger charge is 2.17. The molecule has 1 N–H and O–H groups in total. The molecule has 0 amide bonds. The second-order valence-electron chi connectivity index (χ2n) is 3.77. The van der Waals surface area contributed by atoms with Gasteiger partial charge in [-0.3, -0.25) is 15.1 Å². The van der Waals surface area contributed by atoms with Crippen molar-refractivity contribution in [3.05, 3.63) is 39.9 Å². The molecule has 1 aliphatic heterocycles. The van der Waals surface area contributed by atoms with E-state index in [0.717, 1.165) is 24.5 Å². The van der Waals surface area contributed by atoms with Crippen LogP contribution in [0.25, 0.3) is 0 Å². The van der Waals surface area contributed by atoms with Crippen LogP contribution in [-0.2, 0) is 0 Å². The monoisotopic (exact) mass is 219 g/mol. The number of hydrogen-bond acceptors (Lipinski definition) is 4. The first-order valence-electron chi connectivity index (χ1n) is 5.21. The molecule has 16 heavy (non-hydrogen) atoms. The Kier molecular flexibility index (Phi) is 2.85. The molecule has 1 atom stereocenters. The standard InChI is InChI=1S/C11H13N3O2/c1-8(11-12-5-6-13-11)9-3-2-4-10(7-9)14(15)16/h2-4,7-8H,5-6H2,1H3,(H,12,13). The molecule has 1 heterocycles. The van der Waals surface area contributed by atoms with Crippen LogP contribution in [0, 0.1) is 10.1 Å². The summed E-state index contributed by atoms with van der Waals surface area (Å²) in [7, 11) is 0. The Morgan fingerprint density at radius 2 is 2.38 bits per heavy atom. The number of benzene rings is 1. The molecule has 0 aliphatic carbocycles. The summed E-state index contributed by atoms with van der Waals surface area (Å²) < 4.78 is 0. The van der Waals surface area contributed by atoms with Gasteiger partial charge >= 0.3 is 0 Å².